The largest absolute Gasteiger partial charge is 0.396 e. The van der Waals surface area contributed by atoms with Crippen molar-refractivity contribution in [2.24, 2.45) is 11.3 Å². The van der Waals surface area contributed by atoms with E-state index in [4.69, 9.17) is 9.26 Å². The Morgan fingerprint density at radius 2 is 2.18 bits per heavy atom. The maximum Gasteiger partial charge on any atom is 0.240 e. The molecule has 6 heteroatoms. The van der Waals surface area contributed by atoms with Crippen molar-refractivity contribution in [3.05, 3.63) is 11.7 Å². The molecule has 2 heterocycles. The Labute approximate surface area is 132 Å². The van der Waals surface area contributed by atoms with Gasteiger partial charge in [0.2, 0.25) is 5.89 Å². The molecular weight excluding hydrogens is 282 g/mol. The molecule has 0 saturated carbocycles. The van der Waals surface area contributed by atoms with E-state index in [9.17, 15) is 5.11 Å². The van der Waals surface area contributed by atoms with Crippen LogP contribution >= 0.6 is 0 Å². The fraction of sp³-hybridized carbons (Fsp3) is 0.875. The molecule has 0 aromatic carbocycles. The van der Waals surface area contributed by atoms with Crippen LogP contribution in [0, 0.1) is 11.3 Å². The quantitative estimate of drug-likeness (QED) is 0.833. The lowest BCUT2D eigenvalue weighted by Gasteiger charge is -2.38. The molecule has 0 bridgehead atoms. The summed E-state index contributed by atoms with van der Waals surface area (Å²) in [6, 6.07) is 0. The second kappa shape index (κ2) is 7.53. The summed E-state index contributed by atoms with van der Waals surface area (Å²) in [7, 11) is 0. The van der Waals surface area contributed by atoms with Gasteiger partial charge in [-0.05, 0) is 32.2 Å². The summed E-state index contributed by atoms with van der Waals surface area (Å²) >= 11 is 0. The van der Waals surface area contributed by atoms with E-state index in [0.29, 0.717) is 30.8 Å². The molecular formula is C16H29N3O3. The molecule has 0 spiro atoms. The Morgan fingerprint density at radius 3 is 2.86 bits per heavy atom. The Bertz CT molecular complexity index is 463. The van der Waals surface area contributed by atoms with Gasteiger partial charge in [-0.15, -0.1) is 0 Å². The maximum absolute atomic E-state index is 9.52. The number of hydrogen-bond acceptors (Lipinski definition) is 6. The zero-order valence-electron chi connectivity index (χ0n) is 14.2. The van der Waals surface area contributed by atoms with Crippen LogP contribution in [0.25, 0.3) is 0 Å². The number of hydrogen-bond donors (Lipinski definition) is 1. The first-order valence-electron chi connectivity index (χ1n) is 8.19. The molecule has 2 atom stereocenters. The van der Waals surface area contributed by atoms with Crippen LogP contribution in [-0.2, 0) is 11.3 Å². The summed E-state index contributed by atoms with van der Waals surface area (Å²) in [5.74, 6) is 1.72. The minimum Gasteiger partial charge on any atom is -0.396 e. The summed E-state index contributed by atoms with van der Waals surface area (Å²) in [6.07, 6.45) is 2.00. The Morgan fingerprint density at radius 1 is 1.41 bits per heavy atom. The van der Waals surface area contributed by atoms with Crippen LogP contribution in [0.2, 0.25) is 0 Å². The van der Waals surface area contributed by atoms with Gasteiger partial charge < -0.3 is 14.4 Å². The van der Waals surface area contributed by atoms with Crippen molar-refractivity contribution in [2.45, 2.75) is 53.2 Å². The SMILES string of the molecule is CC(C)COC(C)c1noc(CN2CCCC(C)(CO)C2)n1. The van der Waals surface area contributed by atoms with Gasteiger partial charge >= 0.3 is 0 Å². The number of nitrogens with zero attached hydrogens (tertiary/aromatic N) is 3. The molecule has 2 unspecified atom stereocenters. The highest BCUT2D eigenvalue weighted by atomic mass is 16.5. The Hall–Kier alpha value is -0.980. The second-order valence-electron chi connectivity index (χ2n) is 7.20. The molecule has 0 radical (unpaired) electrons. The van der Waals surface area contributed by atoms with Crippen molar-refractivity contribution in [3.8, 4) is 0 Å². The molecule has 22 heavy (non-hydrogen) atoms. The smallest absolute Gasteiger partial charge is 0.240 e. The van der Waals surface area contributed by atoms with Gasteiger partial charge in [-0.2, -0.15) is 4.98 Å². The van der Waals surface area contributed by atoms with Crippen molar-refractivity contribution in [3.63, 3.8) is 0 Å². The molecule has 6 nitrogen and oxygen atoms in total. The van der Waals surface area contributed by atoms with Gasteiger partial charge in [0.15, 0.2) is 5.82 Å². The number of aromatic nitrogens is 2. The summed E-state index contributed by atoms with van der Waals surface area (Å²) in [5.41, 5.74) is -0.0191. The zero-order valence-corrected chi connectivity index (χ0v) is 14.2. The van der Waals surface area contributed by atoms with E-state index in [2.05, 4.69) is 35.8 Å². The lowest BCUT2D eigenvalue weighted by molar-refractivity contribution is 0.0381. The molecule has 1 N–H and O–H groups in total. The number of likely N-dealkylation sites (tertiary alicyclic amines) is 1. The number of rotatable bonds is 7. The van der Waals surface area contributed by atoms with Crippen LogP contribution in [0.4, 0.5) is 0 Å². The van der Waals surface area contributed by atoms with E-state index in [-0.39, 0.29) is 18.1 Å². The molecule has 1 aliphatic heterocycles. The third-order valence-corrected chi connectivity index (χ3v) is 4.13. The first-order valence-corrected chi connectivity index (χ1v) is 8.19. The van der Waals surface area contributed by atoms with E-state index in [1.807, 2.05) is 6.92 Å². The van der Waals surface area contributed by atoms with Gasteiger partial charge in [-0.1, -0.05) is 25.9 Å². The molecule has 1 fully saturated rings. The summed E-state index contributed by atoms with van der Waals surface area (Å²) in [6.45, 7) is 11.7. The lowest BCUT2D eigenvalue weighted by Crippen LogP contribution is -2.43. The van der Waals surface area contributed by atoms with E-state index in [1.54, 1.807) is 0 Å². The van der Waals surface area contributed by atoms with Crippen LogP contribution in [0.5, 0.6) is 0 Å². The highest BCUT2D eigenvalue weighted by Gasteiger charge is 2.31. The van der Waals surface area contributed by atoms with Crippen LogP contribution in [0.1, 0.15) is 58.4 Å². The van der Waals surface area contributed by atoms with Gasteiger partial charge in [0, 0.05) is 25.2 Å². The highest BCUT2D eigenvalue weighted by Crippen LogP contribution is 2.29. The van der Waals surface area contributed by atoms with E-state index < -0.39 is 0 Å². The minimum atomic E-state index is -0.149. The number of aliphatic hydroxyl groups excluding tert-OH is 1. The van der Waals surface area contributed by atoms with Gasteiger partial charge in [0.05, 0.1) is 6.54 Å². The first-order chi connectivity index (χ1) is 10.4. The molecule has 2 rings (SSSR count). The number of ether oxygens (including phenoxy) is 1. The predicted molar refractivity (Wildman–Crippen MR) is 83.2 cm³/mol. The number of piperidine rings is 1. The van der Waals surface area contributed by atoms with Crippen LogP contribution in [0.15, 0.2) is 4.52 Å². The normalized spacial score (nSPS) is 24.8. The predicted octanol–water partition coefficient (Wildman–Crippen LogP) is 2.40. The Kier molecular flexibility index (Phi) is 5.94. The van der Waals surface area contributed by atoms with Crippen LogP contribution < -0.4 is 0 Å². The Balaban J connectivity index is 1.89. The summed E-state index contributed by atoms with van der Waals surface area (Å²) in [4.78, 5) is 6.72. The van der Waals surface area contributed by atoms with Crippen molar-refractivity contribution >= 4 is 0 Å². The van der Waals surface area contributed by atoms with Crippen molar-refractivity contribution < 1.29 is 14.4 Å². The standard InChI is InChI=1S/C16H29N3O3/c1-12(2)9-21-13(3)15-17-14(22-18-15)8-19-7-5-6-16(4,10-19)11-20/h12-13,20H,5-11H2,1-4H3. The third kappa shape index (κ3) is 4.76. The van der Waals surface area contributed by atoms with Crippen LogP contribution in [0.3, 0.4) is 0 Å². The molecule has 126 valence electrons. The van der Waals surface area contributed by atoms with Crippen LogP contribution in [-0.4, -0.2) is 46.5 Å². The van der Waals surface area contributed by atoms with Gasteiger partial charge in [-0.3, -0.25) is 4.90 Å². The van der Waals surface area contributed by atoms with E-state index in [1.165, 1.54) is 0 Å². The second-order valence-corrected chi connectivity index (χ2v) is 7.20. The van der Waals surface area contributed by atoms with Crippen molar-refractivity contribution in [2.75, 3.05) is 26.3 Å². The summed E-state index contributed by atoms with van der Waals surface area (Å²) in [5, 5.41) is 13.5. The van der Waals surface area contributed by atoms with Gasteiger partial charge in [0.25, 0.3) is 0 Å². The third-order valence-electron chi connectivity index (χ3n) is 4.13. The topological polar surface area (TPSA) is 71.6 Å². The molecule has 0 amide bonds. The molecule has 1 aromatic heterocycles. The fourth-order valence-electron chi connectivity index (χ4n) is 2.79. The average molecular weight is 311 g/mol. The number of aliphatic hydroxyl groups is 1. The highest BCUT2D eigenvalue weighted by molar-refractivity contribution is 4.91. The van der Waals surface area contributed by atoms with Gasteiger partial charge in [0.1, 0.15) is 6.10 Å². The maximum atomic E-state index is 9.52. The average Bonchev–Trinajstić information content (AvgIpc) is 2.93. The lowest BCUT2D eigenvalue weighted by atomic mass is 9.83. The minimum absolute atomic E-state index is 0.0191. The van der Waals surface area contributed by atoms with Crippen molar-refractivity contribution in [1.29, 1.82) is 0 Å². The fourth-order valence-corrected chi connectivity index (χ4v) is 2.79. The first kappa shape index (κ1) is 17.4. The van der Waals surface area contributed by atoms with E-state index in [0.717, 1.165) is 25.9 Å². The van der Waals surface area contributed by atoms with Gasteiger partial charge in [-0.25, -0.2) is 0 Å². The zero-order chi connectivity index (χ0) is 16.2. The molecule has 1 aromatic rings. The molecule has 0 aliphatic carbocycles. The monoisotopic (exact) mass is 311 g/mol. The van der Waals surface area contributed by atoms with E-state index >= 15 is 0 Å². The molecule has 1 aliphatic rings. The summed E-state index contributed by atoms with van der Waals surface area (Å²) < 4.78 is 11.1. The van der Waals surface area contributed by atoms with Crippen molar-refractivity contribution in [1.82, 2.24) is 15.0 Å². The molecule has 1 saturated heterocycles.